The predicted molar refractivity (Wildman–Crippen MR) is 66.8 cm³/mol. The molecule has 0 saturated carbocycles. The molecule has 0 heterocycles. The van der Waals surface area contributed by atoms with Crippen LogP contribution in [0.5, 0.6) is 0 Å². The fraction of sp³-hybridized carbons (Fsp3) is 0.889. The fourth-order valence-corrected chi connectivity index (χ4v) is 2.13. The fourth-order valence-electron chi connectivity index (χ4n) is 1.14. The van der Waals surface area contributed by atoms with Gasteiger partial charge >= 0.3 is 0 Å². The first-order valence-electron chi connectivity index (χ1n) is 5.20. The first kappa shape index (κ1) is 15.2. The Labute approximate surface area is 97.6 Å². The number of guanidine groups is 1. The van der Waals surface area contributed by atoms with Gasteiger partial charge in [0, 0.05) is 18.8 Å². The monoisotopic (exact) mass is 250 g/mol. The number of rotatable bonds is 5. The third-order valence-electron chi connectivity index (χ3n) is 1.69. The molecule has 0 amide bonds. The summed E-state index contributed by atoms with van der Waals surface area (Å²) in [7, 11) is -2.99. The molecular formula is C9H22N4O2S. The highest BCUT2D eigenvalue weighted by Crippen LogP contribution is 1.93. The summed E-state index contributed by atoms with van der Waals surface area (Å²) in [6.45, 7) is 6.48. The smallest absolute Gasteiger partial charge is 0.205 e. The van der Waals surface area contributed by atoms with Gasteiger partial charge < -0.3 is 5.32 Å². The molecule has 96 valence electrons. The summed E-state index contributed by atoms with van der Waals surface area (Å²) in [5.74, 6) is 6.18. The average Bonchev–Trinajstić information content (AvgIpc) is 2.08. The summed E-state index contributed by atoms with van der Waals surface area (Å²) in [4.78, 5) is 4.19. The van der Waals surface area contributed by atoms with Gasteiger partial charge in [-0.05, 0) is 12.8 Å². The molecule has 1 unspecified atom stereocenters. The molecule has 0 bridgehead atoms. The van der Waals surface area contributed by atoms with E-state index in [-0.39, 0.29) is 11.8 Å². The molecule has 0 saturated heterocycles. The molecule has 0 fully saturated rings. The zero-order valence-corrected chi connectivity index (χ0v) is 11.1. The molecule has 1 atom stereocenters. The van der Waals surface area contributed by atoms with Gasteiger partial charge in [0.05, 0.1) is 5.75 Å². The van der Waals surface area contributed by atoms with Crippen LogP contribution in [0.3, 0.4) is 0 Å². The zero-order valence-electron chi connectivity index (χ0n) is 10.3. The van der Waals surface area contributed by atoms with E-state index in [9.17, 15) is 8.42 Å². The number of nitrogens with zero attached hydrogens (tertiary/aromatic N) is 1. The van der Waals surface area contributed by atoms with E-state index >= 15 is 0 Å². The maximum atomic E-state index is 11.0. The van der Waals surface area contributed by atoms with Crippen molar-refractivity contribution in [2.24, 2.45) is 16.8 Å². The Morgan fingerprint density at radius 3 is 2.31 bits per heavy atom. The molecule has 0 aliphatic rings. The molecule has 0 spiro atoms. The Morgan fingerprint density at radius 2 is 1.94 bits per heavy atom. The van der Waals surface area contributed by atoms with Gasteiger partial charge in [-0.15, -0.1) is 0 Å². The number of hydrogen-bond acceptors (Lipinski definition) is 4. The Hall–Kier alpha value is -0.820. The predicted octanol–water partition coefficient (Wildman–Crippen LogP) is -0.516. The molecule has 4 N–H and O–H groups in total. The van der Waals surface area contributed by atoms with Crippen molar-refractivity contribution in [3.05, 3.63) is 0 Å². The highest BCUT2D eigenvalue weighted by molar-refractivity contribution is 7.90. The minimum absolute atomic E-state index is 0.0510. The van der Waals surface area contributed by atoms with Crippen LogP contribution in [0.2, 0.25) is 0 Å². The minimum atomic E-state index is -2.99. The third kappa shape index (κ3) is 8.49. The summed E-state index contributed by atoms with van der Waals surface area (Å²) in [5, 5.41) is 2.91. The number of hydrogen-bond donors (Lipinski definition) is 3. The van der Waals surface area contributed by atoms with E-state index in [1.807, 2.05) is 13.8 Å². The first-order chi connectivity index (χ1) is 7.24. The molecule has 7 heteroatoms. The summed E-state index contributed by atoms with van der Waals surface area (Å²) in [5.41, 5.74) is 2.42. The van der Waals surface area contributed by atoms with Crippen molar-refractivity contribution in [2.45, 2.75) is 26.8 Å². The number of hydrazine groups is 1. The quantitative estimate of drug-likeness (QED) is 0.264. The maximum Gasteiger partial charge on any atom is 0.205 e. The van der Waals surface area contributed by atoms with Crippen LogP contribution in [-0.4, -0.2) is 39.0 Å². The third-order valence-corrected chi connectivity index (χ3v) is 2.79. The lowest BCUT2D eigenvalue weighted by Gasteiger charge is -2.15. The summed E-state index contributed by atoms with van der Waals surface area (Å²) in [6.07, 6.45) is 1.20. The largest absolute Gasteiger partial charge is 0.352 e. The lowest BCUT2D eigenvalue weighted by Crippen LogP contribution is -2.47. The molecule has 6 nitrogen and oxygen atoms in total. The molecule has 0 aliphatic carbocycles. The Kier molecular flexibility index (Phi) is 6.35. The highest BCUT2D eigenvalue weighted by atomic mass is 32.2. The number of aliphatic imine (C=N–C) groups is 1. The van der Waals surface area contributed by atoms with Crippen LogP contribution < -0.4 is 16.6 Å². The van der Waals surface area contributed by atoms with Crippen molar-refractivity contribution in [1.29, 1.82) is 0 Å². The second kappa shape index (κ2) is 6.70. The molecule has 16 heavy (non-hydrogen) atoms. The standard InChI is InChI=1S/C9H22N4O2S/c1-7(2)5-11-9(13-10)12-8(3)6-16(4,14)15/h7-8H,5-6,10H2,1-4H3,(H2,11,12,13). The van der Waals surface area contributed by atoms with E-state index in [2.05, 4.69) is 15.7 Å². The molecule has 0 aromatic carbocycles. The van der Waals surface area contributed by atoms with Gasteiger partial charge in [0.2, 0.25) is 5.96 Å². The van der Waals surface area contributed by atoms with Crippen molar-refractivity contribution < 1.29 is 8.42 Å². The highest BCUT2D eigenvalue weighted by Gasteiger charge is 2.11. The topological polar surface area (TPSA) is 96.6 Å². The number of sulfone groups is 1. The van der Waals surface area contributed by atoms with Crippen molar-refractivity contribution in [1.82, 2.24) is 10.7 Å². The van der Waals surface area contributed by atoms with E-state index in [0.29, 0.717) is 18.4 Å². The molecular weight excluding hydrogens is 228 g/mol. The SMILES string of the molecule is CC(C)CN=C(NN)NC(C)CS(C)(=O)=O. The van der Waals surface area contributed by atoms with E-state index < -0.39 is 9.84 Å². The van der Waals surface area contributed by atoms with Crippen LogP contribution in [0.15, 0.2) is 4.99 Å². The molecule has 0 aliphatic heterocycles. The van der Waals surface area contributed by atoms with Crippen LogP contribution in [0.4, 0.5) is 0 Å². The van der Waals surface area contributed by atoms with Gasteiger partial charge in [0.25, 0.3) is 0 Å². The second-order valence-corrected chi connectivity index (χ2v) is 6.55. The molecule has 0 aromatic rings. The van der Waals surface area contributed by atoms with Gasteiger partial charge in [-0.1, -0.05) is 13.8 Å². The van der Waals surface area contributed by atoms with Crippen LogP contribution >= 0.6 is 0 Å². The van der Waals surface area contributed by atoms with Gasteiger partial charge in [0.15, 0.2) is 0 Å². The lowest BCUT2D eigenvalue weighted by molar-refractivity contribution is 0.588. The van der Waals surface area contributed by atoms with Crippen LogP contribution in [0.1, 0.15) is 20.8 Å². The molecule has 0 aromatic heterocycles. The lowest BCUT2D eigenvalue weighted by atomic mass is 10.2. The first-order valence-corrected chi connectivity index (χ1v) is 7.26. The van der Waals surface area contributed by atoms with E-state index in [4.69, 9.17) is 5.84 Å². The van der Waals surface area contributed by atoms with E-state index in [1.54, 1.807) is 6.92 Å². The average molecular weight is 250 g/mol. The Balaban J connectivity index is 4.27. The van der Waals surface area contributed by atoms with Crippen LogP contribution in [0.25, 0.3) is 0 Å². The Bertz CT molecular complexity index is 324. The van der Waals surface area contributed by atoms with Crippen molar-refractivity contribution in [2.75, 3.05) is 18.6 Å². The second-order valence-electron chi connectivity index (χ2n) is 4.37. The summed E-state index contributed by atoms with van der Waals surface area (Å²) < 4.78 is 22.1. The van der Waals surface area contributed by atoms with Gasteiger partial charge in [0.1, 0.15) is 9.84 Å². The van der Waals surface area contributed by atoms with Gasteiger partial charge in [-0.3, -0.25) is 10.4 Å². The summed E-state index contributed by atoms with van der Waals surface area (Å²) >= 11 is 0. The summed E-state index contributed by atoms with van der Waals surface area (Å²) in [6, 6.07) is -0.225. The number of nitrogens with two attached hydrogens (primary N) is 1. The van der Waals surface area contributed by atoms with Crippen LogP contribution in [-0.2, 0) is 9.84 Å². The zero-order chi connectivity index (χ0) is 12.8. The van der Waals surface area contributed by atoms with Crippen molar-refractivity contribution in [3.63, 3.8) is 0 Å². The van der Waals surface area contributed by atoms with Gasteiger partial charge in [-0.25, -0.2) is 14.3 Å². The van der Waals surface area contributed by atoms with Crippen molar-refractivity contribution in [3.8, 4) is 0 Å². The number of nitrogens with one attached hydrogen (secondary N) is 2. The van der Waals surface area contributed by atoms with E-state index in [0.717, 1.165) is 0 Å². The van der Waals surface area contributed by atoms with Crippen LogP contribution in [0, 0.1) is 5.92 Å². The normalized spacial score (nSPS) is 15.0. The Morgan fingerprint density at radius 1 is 1.38 bits per heavy atom. The van der Waals surface area contributed by atoms with E-state index in [1.165, 1.54) is 6.26 Å². The van der Waals surface area contributed by atoms with Gasteiger partial charge in [-0.2, -0.15) is 0 Å². The molecule has 0 rings (SSSR count). The maximum absolute atomic E-state index is 11.0. The minimum Gasteiger partial charge on any atom is -0.352 e. The molecule has 0 radical (unpaired) electrons. The van der Waals surface area contributed by atoms with Crippen molar-refractivity contribution >= 4 is 15.8 Å².